The van der Waals surface area contributed by atoms with Gasteiger partial charge < -0.3 is 27.8 Å². The Morgan fingerprint density at radius 3 is 0.904 bits per heavy atom. The molecule has 0 heterocycles. The van der Waals surface area contributed by atoms with Crippen LogP contribution in [0.1, 0.15) is 234 Å². The van der Waals surface area contributed by atoms with Gasteiger partial charge in [-0.2, -0.15) is 0 Å². The van der Waals surface area contributed by atoms with E-state index in [1.165, 1.54) is 0 Å². The van der Waals surface area contributed by atoms with Crippen molar-refractivity contribution in [2.75, 3.05) is 19.8 Å². The lowest BCUT2D eigenvalue weighted by Crippen LogP contribution is -2.18. The predicted octanol–water partition coefficient (Wildman–Crippen LogP) is 17.4. The quantitative estimate of drug-likeness (QED) is 0.0335. The molecule has 0 fully saturated rings. The first-order valence-corrected chi connectivity index (χ1v) is 29.3. The van der Waals surface area contributed by atoms with Crippen molar-refractivity contribution < 1.29 is 42.2 Å². The molecule has 3 aromatic carbocycles. The lowest BCUT2D eigenvalue weighted by Gasteiger charge is -2.29. The van der Waals surface area contributed by atoms with Crippen molar-refractivity contribution in [3.63, 3.8) is 0 Å². The molecule has 0 amide bonds. The Morgan fingerprint density at radius 2 is 0.685 bits per heavy atom. The molecule has 0 radical (unpaired) electrons. The number of aryl methyl sites for hydroxylation is 3. The summed E-state index contributed by atoms with van der Waals surface area (Å²) in [5.74, 6) is 2.55. The van der Waals surface area contributed by atoms with Crippen LogP contribution < -0.4 is 13.6 Å². The first-order valence-electron chi connectivity index (χ1n) is 28.3. The highest BCUT2D eigenvalue weighted by molar-refractivity contribution is 7.43. The summed E-state index contributed by atoms with van der Waals surface area (Å²) in [5.41, 5.74) is 4.95. The third-order valence-corrected chi connectivity index (χ3v) is 15.0. The van der Waals surface area contributed by atoms with Gasteiger partial charge in [-0.05, 0) is 107 Å². The second-order valence-corrected chi connectivity index (χ2v) is 24.5. The number of hydrogen-bond acceptors (Lipinski definition) is 9. The van der Waals surface area contributed by atoms with E-state index >= 15 is 0 Å². The summed E-state index contributed by atoms with van der Waals surface area (Å²) < 4.78 is 38.2. The molecule has 0 aliphatic rings. The number of carbonyl (C=O) groups excluding carboxylic acids is 3. The highest BCUT2D eigenvalue weighted by Crippen LogP contribution is 2.49. The highest BCUT2D eigenvalue weighted by atomic mass is 31.2. The van der Waals surface area contributed by atoms with Gasteiger partial charge in [-0.3, -0.25) is 14.4 Å². The summed E-state index contributed by atoms with van der Waals surface area (Å²) >= 11 is 0. The summed E-state index contributed by atoms with van der Waals surface area (Å²) in [7, 11) is -2.14. The van der Waals surface area contributed by atoms with Crippen molar-refractivity contribution in [2.24, 2.45) is 17.8 Å². The first-order chi connectivity index (χ1) is 34.5. The molecule has 0 saturated heterocycles. The molecule has 0 aliphatic heterocycles. The molecule has 0 aliphatic carbocycles. The molecule has 0 spiro atoms. The minimum absolute atomic E-state index is 0.176. The fourth-order valence-electron chi connectivity index (χ4n) is 8.77. The maximum absolute atomic E-state index is 13.0. The number of esters is 3. The number of ether oxygens (including phenoxy) is 3. The van der Waals surface area contributed by atoms with E-state index in [-0.39, 0.29) is 34.2 Å². The van der Waals surface area contributed by atoms with Crippen LogP contribution in [0.5, 0.6) is 17.2 Å². The van der Waals surface area contributed by atoms with E-state index in [1.807, 2.05) is 36.4 Å². The molecule has 3 unspecified atom stereocenters. The maximum Gasteiger partial charge on any atom is 0.530 e. The fourth-order valence-corrected chi connectivity index (χ4v) is 9.85. The van der Waals surface area contributed by atoms with E-state index in [0.29, 0.717) is 93.3 Å². The van der Waals surface area contributed by atoms with E-state index in [9.17, 15) is 14.4 Å². The van der Waals surface area contributed by atoms with Crippen LogP contribution in [0.25, 0.3) is 0 Å². The van der Waals surface area contributed by atoms with E-state index in [0.717, 1.165) is 110 Å². The van der Waals surface area contributed by atoms with E-state index < -0.39 is 8.60 Å². The molecular weight excluding hydrogens is 932 g/mol. The Morgan fingerprint density at radius 1 is 0.425 bits per heavy atom. The van der Waals surface area contributed by atoms with Gasteiger partial charge in [0.25, 0.3) is 0 Å². The molecule has 0 saturated carbocycles. The average molecular weight is 1030 g/mol. The summed E-state index contributed by atoms with van der Waals surface area (Å²) in [5, 5.41) is 0. The summed E-state index contributed by atoms with van der Waals surface area (Å²) in [4.78, 5) is 38.9. The van der Waals surface area contributed by atoms with Crippen LogP contribution in [-0.2, 0) is 64.1 Å². The van der Waals surface area contributed by atoms with Crippen LogP contribution in [0.15, 0.2) is 54.6 Å². The zero-order valence-electron chi connectivity index (χ0n) is 48.4. The van der Waals surface area contributed by atoms with Gasteiger partial charge in [-0.1, -0.05) is 198 Å². The van der Waals surface area contributed by atoms with Crippen LogP contribution in [0, 0.1) is 17.8 Å². The third kappa shape index (κ3) is 23.1. The van der Waals surface area contributed by atoms with Crippen molar-refractivity contribution in [1.29, 1.82) is 0 Å². The second-order valence-electron chi connectivity index (χ2n) is 23.5. The highest BCUT2D eigenvalue weighted by Gasteiger charge is 2.31. The van der Waals surface area contributed by atoms with Crippen molar-refractivity contribution >= 4 is 26.5 Å². The molecule has 9 nitrogen and oxygen atoms in total. The van der Waals surface area contributed by atoms with Crippen LogP contribution in [0.2, 0.25) is 0 Å². The molecule has 0 aromatic heterocycles. The molecule has 3 aromatic rings. The van der Waals surface area contributed by atoms with E-state index in [4.69, 9.17) is 27.8 Å². The van der Waals surface area contributed by atoms with Gasteiger partial charge in [0.15, 0.2) is 0 Å². The standard InChI is InChI=1S/C63H99O9P/c1-16-22-25-46(19-4)43-67-58(64)37-31-49-28-34-55(52(40-49)61(7,8)9)70-73(71-56-35-29-50(41-53(56)62(10,11)12)32-38-59(65)68-44-47(20-5)26-23-17-2)72-57-36-30-51(42-54(57)63(13,14)15)33-39-60(66)69-45-48(21-6)27-24-18-3/h28-30,34-36,40-42,46-48H,16-27,31-33,37-39,43-45H2,1-15H3. The topological polar surface area (TPSA) is 107 Å². The molecule has 3 atom stereocenters. The number of unbranched alkanes of at least 4 members (excludes halogenated alkanes) is 3. The normalized spacial score (nSPS) is 13.7. The lowest BCUT2D eigenvalue weighted by molar-refractivity contribution is -0.146. The Hall–Kier alpha value is -4.10. The fraction of sp³-hybridized carbons (Fsp3) is 0.667. The molecule has 0 bridgehead atoms. The largest absolute Gasteiger partial charge is 0.530 e. The molecule has 3 rings (SSSR count). The molecule has 0 N–H and O–H groups in total. The van der Waals surface area contributed by atoms with E-state index in [2.05, 4.69) is 122 Å². The smallest absolute Gasteiger partial charge is 0.465 e. The van der Waals surface area contributed by atoms with Crippen molar-refractivity contribution in [1.82, 2.24) is 0 Å². The van der Waals surface area contributed by atoms with Gasteiger partial charge in [-0.25, -0.2) is 0 Å². The molecule has 73 heavy (non-hydrogen) atoms. The zero-order chi connectivity index (χ0) is 54.2. The maximum atomic E-state index is 13.0. The van der Waals surface area contributed by atoms with Gasteiger partial charge in [0.05, 0.1) is 19.8 Å². The number of hydrogen-bond donors (Lipinski definition) is 0. The van der Waals surface area contributed by atoms with Crippen LogP contribution in [-0.4, -0.2) is 37.7 Å². The predicted molar refractivity (Wildman–Crippen MR) is 302 cm³/mol. The second kappa shape index (κ2) is 31.7. The Balaban J connectivity index is 2.00. The number of carbonyl (C=O) groups is 3. The van der Waals surface area contributed by atoms with Gasteiger partial charge >= 0.3 is 26.5 Å². The molecular formula is C63H99O9P. The van der Waals surface area contributed by atoms with Gasteiger partial charge in [0, 0.05) is 36.0 Å². The van der Waals surface area contributed by atoms with Crippen molar-refractivity contribution in [2.45, 2.75) is 236 Å². The minimum atomic E-state index is -2.14. The Kier molecular flexibility index (Phi) is 27.4. The lowest BCUT2D eigenvalue weighted by atomic mass is 9.85. The van der Waals surface area contributed by atoms with Crippen LogP contribution >= 0.6 is 8.60 Å². The summed E-state index contributed by atoms with van der Waals surface area (Å²) in [6.45, 7) is 33.8. The Labute approximate surface area is 445 Å². The minimum Gasteiger partial charge on any atom is -0.465 e. The van der Waals surface area contributed by atoms with Crippen molar-refractivity contribution in [3.8, 4) is 17.2 Å². The van der Waals surface area contributed by atoms with Crippen molar-refractivity contribution in [3.05, 3.63) is 88.0 Å². The first kappa shape index (κ1) is 63.2. The summed E-state index contributed by atoms with van der Waals surface area (Å²) in [6, 6.07) is 18.4. The van der Waals surface area contributed by atoms with Gasteiger partial charge in [0.2, 0.25) is 0 Å². The Bertz CT molecular complexity index is 1870. The third-order valence-electron chi connectivity index (χ3n) is 14.0. The van der Waals surface area contributed by atoms with E-state index in [1.54, 1.807) is 0 Å². The van der Waals surface area contributed by atoms with Gasteiger partial charge in [0.1, 0.15) is 17.2 Å². The van der Waals surface area contributed by atoms with Crippen LogP contribution in [0.4, 0.5) is 0 Å². The molecule has 410 valence electrons. The van der Waals surface area contributed by atoms with Gasteiger partial charge in [-0.15, -0.1) is 0 Å². The SMILES string of the molecule is CCCCC(CC)COC(=O)CCc1ccc(OP(Oc2ccc(CCC(=O)OCC(CC)CCCC)cc2C(C)(C)C)Oc2ccc(CCC(=O)OCC(CC)CCCC)cc2C(C)(C)C)c(C(C)(C)C)c1. The zero-order valence-corrected chi connectivity index (χ0v) is 49.3. The monoisotopic (exact) mass is 1030 g/mol. The van der Waals surface area contributed by atoms with Crippen LogP contribution in [0.3, 0.4) is 0 Å². The number of benzene rings is 3. The number of rotatable bonds is 33. The molecule has 10 heteroatoms. The summed E-state index contributed by atoms with van der Waals surface area (Å²) in [6.07, 6.45) is 15.6. The average Bonchev–Trinajstić information content (AvgIpc) is 3.34.